The maximum Gasteiger partial charge on any atom is 0.184 e. The molecule has 220 valence electrons. The normalized spacial score (nSPS) is 20.7. The van der Waals surface area contributed by atoms with E-state index in [9.17, 15) is 5.11 Å². The van der Waals surface area contributed by atoms with Gasteiger partial charge in [0.2, 0.25) is 0 Å². The Morgan fingerprint density at radius 1 is 1.07 bits per heavy atom. The average Bonchev–Trinajstić information content (AvgIpc) is 2.86. The van der Waals surface area contributed by atoms with Gasteiger partial charge in [-0.15, -0.1) is 0 Å². The highest BCUT2D eigenvalue weighted by atomic mass is 16.5. The number of hydrogen-bond acceptors (Lipinski definition) is 4. The Morgan fingerprint density at radius 3 is 2.30 bits per heavy atom. The summed E-state index contributed by atoms with van der Waals surface area (Å²) in [7, 11) is 0. The maximum absolute atomic E-state index is 12.1. The van der Waals surface area contributed by atoms with Gasteiger partial charge in [0.1, 0.15) is 11.9 Å². The fraction of sp³-hybridized carbons (Fsp3) is 0.629. The van der Waals surface area contributed by atoms with Crippen LogP contribution < -0.4 is 4.74 Å². The number of aromatic nitrogens is 1. The molecule has 3 atom stereocenters. The summed E-state index contributed by atoms with van der Waals surface area (Å²) in [6.45, 7) is 23.4. The lowest BCUT2D eigenvalue weighted by molar-refractivity contribution is -0.205. The largest absolute Gasteiger partial charge is 0.491 e. The minimum atomic E-state index is -0.808. The molecule has 0 saturated heterocycles. The summed E-state index contributed by atoms with van der Waals surface area (Å²) in [5, 5.41) is 12.1. The fourth-order valence-corrected chi connectivity index (χ4v) is 5.93. The van der Waals surface area contributed by atoms with Gasteiger partial charge in [0.25, 0.3) is 0 Å². The summed E-state index contributed by atoms with van der Waals surface area (Å²) in [6.07, 6.45) is 4.40. The number of fused-ring (bicyclic) bond motifs is 1. The summed E-state index contributed by atoms with van der Waals surface area (Å²) in [5.74, 6) is 0.967. The number of rotatable bonds is 8. The number of ether oxygens (including phenoxy) is 3. The molecule has 0 radical (unpaired) electrons. The Hall–Kier alpha value is -2.21. The highest BCUT2D eigenvalue weighted by Crippen LogP contribution is 2.49. The SMILES string of the molecule is CC(C)Oc1ccc(C(O)c2c(C(C)C)nc3c(c2C2=CCOCC2)C([OH+]C(C)C(C)(C)C)CC(C)(C)C3)cc1. The summed E-state index contributed by atoms with van der Waals surface area (Å²) >= 11 is 0. The molecule has 0 saturated carbocycles. The second kappa shape index (κ2) is 12.0. The number of benzene rings is 1. The van der Waals surface area contributed by atoms with E-state index in [1.54, 1.807) is 0 Å². The molecule has 2 aliphatic rings. The summed E-state index contributed by atoms with van der Waals surface area (Å²) in [4.78, 5) is 5.38. The van der Waals surface area contributed by atoms with Crippen LogP contribution in [0.2, 0.25) is 0 Å². The highest BCUT2D eigenvalue weighted by Gasteiger charge is 2.43. The lowest BCUT2D eigenvalue weighted by Crippen LogP contribution is -2.37. The molecule has 2 aromatic rings. The third kappa shape index (κ3) is 6.80. The van der Waals surface area contributed by atoms with E-state index in [2.05, 4.69) is 61.5 Å². The molecule has 1 aliphatic heterocycles. The van der Waals surface area contributed by atoms with Crippen molar-refractivity contribution < 1.29 is 19.3 Å². The second-order valence-corrected chi connectivity index (χ2v) is 14.2. The van der Waals surface area contributed by atoms with Crippen molar-refractivity contribution in [2.75, 3.05) is 13.2 Å². The third-order valence-electron chi connectivity index (χ3n) is 8.44. The van der Waals surface area contributed by atoms with Crippen LogP contribution in [0.5, 0.6) is 5.75 Å². The Morgan fingerprint density at radius 2 is 1.75 bits per heavy atom. The smallest absolute Gasteiger partial charge is 0.184 e. The Balaban J connectivity index is 1.96. The van der Waals surface area contributed by atoms with Crippen LogP contribution in [-0.2, 0) is 11.2 Å². The van der Waals surface area contributed by atoms with Crippen LogP contribution in [0.15, 0.2) is 30.3 Å². The molecule has 2 heterocycles. The lowest BCUT2D eigenvalue weighted by atomic mass is 9.71. The van der Waals surface area contributed by atoms with Crippen molar-refractivity contribution in [3.63, 3.8) is 0 Å². The van der Waals surface area contributed by atoms with E-state index in [0.717, 1.165) is 53.1 Å². The molecule has 1 aromatic heterocycles. The van der Waals surface area contributed by atoms with Gasteiger partial charge in [0, 0.05) is 30.0 Å². The molecule has 0 bridgehead atoms. The van der Waals surface area contributed by atoms with Crippen molar-refractivity contribution in [3.8, 4) is 5.75 Å². The average molecular weight is 551 g/mol. The van der Waals surface area contributed by atoms with Crippen molar-refractivity contribution in [2.24, 2.45) is 10.8 Å². The molecule has 5 nitrogen and oxygen atoms in total. The summed E-state index contributed by atoms with van der Waals surface area (Å²) in [5.41, 5.74) is 7.71. The molecule has 40 heavy (non-hydrogen) atoms. The monoisotopic (exact) mass is 550 g/mol. The maximum atomic E-state index is 12.1. The molecule has 0 amide bonds. The van der Waals surface area contributed by atoms with Crippen LogP contribution in [0.25, 0.3) is 5.57 Å². The molecule has 1 aliphatic carbocycles. The Labute approximate surface area is 242 Å². The molecule has 1 aromatic carbocycles. The summed E-state index contributed by atoms with van der Waals surface area (Å²) < 4.78 is 17.1. The molecule has 3 unspecified atom stereocenters. The van der Waals surface area contributed by atoms with Gasteiger partial charge in [-0.05, 0) is 66.9 Å². The van der Waals surface area contributed by atoms with Crippen molar-refractivity contribution >= 4 is 5.57 Å². The first-order valence-electron chi connectivity index (χ1n) is 15.2. The van der Waals surface area contributed by atoms with Crippen LogP contribution in [0, 0.1) is 10.8 Å². The molecule has 5 heteroatoms. The van der Waals surface area contributed by atoms with Gasteiger partial charge in [-0.1, -0.05) is 66.7 Å². The van der Waals surface area contributed by atoms with E-state index >= 15 is 0 Å². The minimum Gasteiger partial charge on any atom is -0.491 e. The van der Waals surface area contributed by atoms with E-state index < -0.39 is 6.10 Å². The van der Waals surface area contributed by atoms with Gasteiger partial charge in [-0.3, -0.25) is 4.98 Å². The van der Waals surface area contributed by atoms with E-state index in [1.807, 2.05) is 38.1 Å². The van der Waals surface area contributed by atoms with Gasteiger partial charge in [-0.2, -0.15) is 0 Å². The predicted octanol–water partition coefficient (Wildman–Crippen LogP) is 7.85. The quantitative estimate of drug-likeness (QED) is 0.340. The zero-order valence-electron chi connectivity index (χ0n) is 26.5. The van der Waals surface area contributed by atoms with Crippen LogP contribution >= 0.6 is 0 Å². The molecule has 4 rings (SSSR count). The van der Waals surface area contributed by atoms with Crippen molar-refractivity contribution in [1.29, 1.82) is 0 Å². The van der Waals surface area contributed by atoms with Crippen molar-refractivity contribution in [2.45, 2.75) is 119 Å². The Kier molecular flexibility index (Phi) is 9.19. The van der Waals surface area contributed by atoms with E-state index in [-0.39, 0.29) is 35.1 Å². The molecular formula is C35H52NO4+. The van der Waals surface area contributed by atoms with Crippen LogP contribution in [-0.4, -0.2) is 40.2 Å². The number of nitrogens with zero attached hydrogens (tertiary/aromatic N) is 1. The molecule has 2 N–H and O–H groups in total. The fourth-order valence-electron chi connectivity index (χ4n) is 5.93. The minimum absolute atomic E-state index is 0.0215. The lowest BCUT2D eigenvalue weighted by Gasteiger charge is -2.40. The number of aliphatic hydroxyl groups excluding tert-OH is 1. The zero-order chi connectivity index (χ0) is 29.4. The number of pyridine rings is 1. The Bertz CT molecular complexity index is 1200. The van der Waals surface area contributed by atoms with Gasteiger partial charge >= 0.3 is 0 Å². The van der Waals surface area contributed by atoms with E-state index in [0.29, 0.717) is 13.2 Å². The highest BCUT2D eigenvalue weighted by molar-refractivity contribution is 5.75. The molecule has 0 spiro atoms. The van der Waals surface area contributed by atoms with Gasteiger partial charge in [-0.25, -0.2) is 0 Å². The zero-order valence-corrected chi connectivity index (χ0v) is 26.5. The van der Waals surface area contributed by atoms with Crippen molar-refractivity contribution in [1.82, 2.24) is 4.98 Å². The first kappa shape index (κ1) is 30.7. The van der Waals surface area contributed by atoms with Gasteiger partial charge in [0.15, 0.2) is 12.2 Å². The summed E-state index contributed by atoms with van der Waals surface area (Å²) in [6, 6.07) is 7.89. The van der Waals surface area contributed by atoms with E-state index in [1.165, 1.54) is 11.1 Å². The first-order chi connectivity index (χ1) is 18.7. The molecule has 0 fully saturated rings. The van der Waals surface area contributed by atoms with Gasteiger partial charge in [0.05, 0.1) is 30.6 Å². The first-order valence-corrected chi connectivity index (χ1v) is 15.2. The standard InChI is InChI=1S/C35H51NO4/c1-21(2)32-31(33(37)25-11-13-26(14-12-25)39-22(3)4)29(24-15-17-38-18-16-24)30-27(36-32)19-35(9,10)20-28(30)40-23(5)34(6,7)8/h11-15,21-23,28,33,37H,16-20H2,1-10H3/p+1. The second-order valence-electron chi connectivity index (χ2n) is 14.2. The van der Waals surface area contributed by atoms with Gasteiger partial charge < -0.3 is 19.3 Å². The van der Waals surface area contributed by atoms with Crippen LogP contribution in [0.3, 0.4) is 0 Å². The number of hydrogen-bond donors (Lipinski definition) is 1. The topological polar surface area (TPSA) is 64.4 Å². The third-order valence-corrected chi connectivity index (χ3v) is 8.44. The van der Waals surface area contributed by atoms with E-state index in [4.69, 9.17) is 19.2 Å². The molecular weight excluding hydrogens is 498 g/mol. The number of aliphatic hydroxyl groups is 3. The van der Waals surface area contributed by atoms with Crippen LogP contribution in [0.4, 0.5) is 0 Å². The van der Waals surface area contributed by atoms with Crippen LogP contribution in [0.1, 0.15) is 134 Å². The van der Waals surface area contributed by atoms with Crippen molar-refractivity contribution in [3.05, 3.63) is 64.0 Å². The predicted molar refractivity (Wildman–Crippen MR) is 164 cm³/mol.